The number of benzene rings is 1. The molecule has 3 heterocycles. The molecule has 7 nitrogen and oxygen atoms in total. The molecule has 1 fully saturated rings. The summed E-state index contributed by atoms with van der Waals surface area (Å²) in [6.45, 7) is 3.43. The lowest BCUT2D eigenvalue weighted by Gasteiger charge is -2.20. The Labute approximate surface area is 145 Å². The molecule has 2 aromatic heterocycles. The monoisotopic (exact) mass is 342 g/mol. The summed E-state index contributed by atoms with van der Waals surface area (Å²) in [6.07, 6.45) is 1.05. The van der Waals surface area contributed by atoms with Crippen LogP contribution in [-0.2, 0) is 11.3 Å². The van der Waals surface area contributed by atoms with Crippen LogP contribution in [0.2, 0.25) is 0 Å². The number of hydrogen-bond acceptors (Lipinski definition) is 6. The molecule has 4 rings (SSSR count). The lowest BCUT2D eigenvalue weighted by molar-refractivity contribution is 0.106. The quantitative estimate of drug-likeness (QED) is 0.768. The van der Waals surface area contributed by atoms with E-state index in [0.29, 0.717) is 6.54 Å². The van der Waals surface area contributed by atoms with Gasteiger partial charge in [0.25, 0.3) is 0 Å². The highest BCUT2D eigenvalue weighted by atomic mass is 16.5. The fraction of sp³-hybridized carbons (Fsp3) is 0.444. The Kier molecular flexibility index (Phi) is 4.19. The van der Waals surface area contributed by atoms with Gasteiger partial charge < -0.3 is 13.9 Å². The van der Waals surface area contributed by atoms with Gasteiger partial charge in [0, 0.05) is 19.0 Å². The number of ether oxygens (including phenoxy) is 2. The highest BCUT2D eigenvalue weighted by molar-refractivity contribution is 5.79. The normalized spacial score (nSPS) is 21.2. The van der Waals surface area contributed by atoms with Gasteiger partial charge in [-0.1, -0.05) is 0 Å². The number of nitrogens with zero attached hydrogens (tertiary/aromatic N) is 3. The van der Waals surface area contributed by atoms with Crippen molar-refractivity contribution in [2.45, 2.75) is 32.0 Å². The first-order valence-electron chi connectivity index (χ1n) is 8.38. The molecule has 0 saturated carbocycles. The van der Waals surface area contributed by atoms with Crippen LogP contribution in [0.5, 0.6) is 5.75 Å². The van der Waals surface area contributed by atoms with E-state index in [1.165, 1.54) is 0 Å². The first-order valence-corrected chi connectivity index (χ1v) is 8.38. The van der Waals surface area contributed by atoms with Crippen LogP contribution in [-0.4, -0.2) is 46.9 Å². The molecule has 1 aliphatic rings. The van der Waals surface area contributed by atoms with E-state index in [0.717, 1.165) is 47.1 Å². The third kappa shape index (κ3) is 3.12. The number of aromatic nitrogens is 3. The van der Waals surface area contributed by atoms with Crippen LogP contribution in [0.1, 0.15) is 29.9 Å². The maximum Gasteiger partial charge on any atom is 0.167 e. The fourth-order valence-corrected chi connectivity index (χ4v) is 3.47. The van der Waals surface area contributed by atoms with Crippen LogP contribution in [0.15, 0.2) is 28.7 Å². The summed E-state index contributed by atoms with van der Waals surface area (Å²) in [7, 11) is 3.42. The Morgan fingerprint density at radius 1 is 1.32 bits per heavy atom. The van der Waals surface area contributed by atoms with E-state index < -0.39 is 0 Å². The second-order valence-electron chi connectivity index (χ2n) is 6.43. The van der Waals surface area contributed by atoms with Crippen molar-refractivity contribution in [3.63, 3.8) is 0 Å². The van der Waals surface area contributed by atoms with E-state index >= 15 is 0 Å². The number of aryl methyl sites for hydroxylation is 1. The fourth-order valence-electron chi connectivity index (χ4n) is 3.47. The average molecular weight is 342 g/mol. The summed E-state index contributed by atoms with van der Waals surface area (Å²) in [5, 5.41) is 8.32. The zero-order valence-electron chi connectivity index (χ0n) is 14.7. The van der Waals surface area contributed by atoms with Crippen LogP contribution in [0, 0.1) is 6.92 Å². The summed E-state index contributed by atoms with van der Waals surface area (Å²) in [5.74, 6) is 3.38. The van der Waals surface area contributed by atoms with Gasteiger partial charge >= 0.3 is 0 Å². The molecule has 1 N–H and O–H groups in total. The second kappa shape index (κ2) is 6.50. The van der Waals surface area contributed by atoms with E-state index in [9.17, 15) is 0 Å². The Morgan fingerprint density at radius 2 is 2.20 bits per heavy atom. The third-order valence-corrected chi connectivity index (χ3v) is 4.74. The third-order valence-electron chi connectivity index (χ3n) is 4.74. The molecule has 0 aliphatic carbocycles. The molecular formula is C18H22N4O3. The highest BCUT2D eigenvalue weighted by Crippen LogP contribution is 2.34. The van der Waals surface area contributed by atoms with Gasteiger partial charge in [0.05, 0.1) is 25.8 Å². The van der Waals surface area contributed by atoms with Crippen LogP contribution in [0.3, 0.4) is 0 Å². The maximum absolute atomic E-state index is 6.00. The zero-order valence-corrected chi connectivity index (χ0v) is 14.7. The Bertz CT molecular complexity index is 872. The van der Waals surface area contributed by atoms with Crippen LogP contribution in [0.25, 0.3) is 11.0 Å². The van der Waals surface area contributed by atoms with Crippen molar-refractivity contribution >= 4 is 11.0 Å². The summed E-state index contributed by atoms with van der Waals surface area (Å²) in [6, 6.07) is 8.03. The van der Waals surface area contributed by atoms with E-state index in [-0.39, 0.29) is 12.1 Å². The number of nitrogens with one attached hydrogen (secondary N) is 1. The standard InChI is InChI=1S/C18H22N4O3/c1-11-19-18(21-20-11)16-8-14(24-3)9-22(16)10-15-7-12-6-13(23-2)4-5-17(12)25-15/h4-7,14,16H,8-10H2,1-3H3,(H,19,20,21)/t14-,16+/m1/s1. The molecule has 0 amide bonds. The highest BCUT2D eigenvalue weighted by Gasteiger charge is 2.36. The molecule has 132 valence electrons. The second-order valence-corrected chi connectivity index (χ2v) is 6.43. The molecule has 0 unspecified atom stereocenters. The molecule has 1 saturated heterocycles. The summed E-state index contributed by atoms with van der Waals surface area (Å²) >= 11 is 0. The molecule has 1 aromatic carbocycles. The number of likely N-dealkylation sites (tertiary alicyclic amines) is 1. The van der Waals surface area contributed by atoms with E-state index in [2.05, 4.69) is 26.1 Å². The zero-order chi connectivity index (χ0) is 17.4. The van der Waals surface area contributed by atoms with E-state index in [1.807, 2.05) is 25.1 Å². The first kappa shape index (κ1) is 16.1. The molecule has 2 atom stereocenters. The van der Waals surface area contributed by atoms with Gasteiger partial charge in [-0.05, 0) is 37.6 Å². The molecule has 3 aromatic rings. The Hall–Kier alpha value is -2.38. The first-order chi connectivity index (χ1) is 12.2. The van der Waals surface area contributed by atoms with Gasteiger partial charge in [0.2, 0.25) is 0 Å². The Morgan fingerprint density at radius 3 is 2.92 bits per heavy atom. The van der Waals surface area contributed by atoms with Gasteiger partial charge in [-0.15, -0.1) is 0 Å². The van der Waals surface area contributed by atoms with Gasteiger partial charge in [0.15, 0.2) is 5.82 Å². The molecule has 7 heteroatoms. The molecule has 0 radical (unpaired) electrons. The summed E-state index contributed by atoms with van der Waals surface area (Å²) in [4.78, 5) is 6.82. The lowest BCUT2D eigenvalue weighted by Crippen LogP contribution is -2.25. The maximum atomic E-state index is 6.00. The SMILES string of the molecule is COc1ccc2oc(CN3C[C@H](OC)C[C@H]3c3n[nH]c(C)n3)cc2c1. The minimum Gasteiger partial charge on any atom is -0.497 e. The molecule has 25 heavy (non-hydrogen) atoms. The van der Waals surface area contributed by atoms with Crippen molar-refractivity contribution in [3.8, 4) is 5.75 Å². The van der Waals surface area contributed by atoms with E-state index in [1.54, 1.807) is 14.2 Å². The van der Waals surface area contributed by atoms with Crippen molar-refractivity contribution in [1.29, 1.82) is 0 Å². The van der Waals surface area contributed by atoms with Crippen molar-refractivity contribution in [2.75, 3.05) is 20.8 Å². The van der Waals surface area contributed by atoms with Crippen LogP contribution in [0.4, 0.5) is 0 Å². The smallest absolute Gasteiger partial charge is 0.167 e. The van der Waals surface area contributed by atoms with Gasteiger partial charge in [-0.2, -0.15) is 5.10 Å². The number of rotatable bonds is 5. The minimum absolute atomic E-state index is 0.123. The molecule has 0 bridgehead atoms. The minimum atomic E-state index is 0.123. The Balaban J connectivity index is 1.59. The summed E-state index contributed by atoms with van der Waals surface area (Å²) in [5.41, 5.74) is 0.864. The van der Waals surface area contributed by atoms with Crippen LogP contribution < -0.4 is 4.74 Å². The molecule has 0 spiro atoms. The number of H-pyrrole nitrogens is 1. The van der Waals surface area contributed by atoms with Gasteiger partial charge in [0.1, 0.15) is 22.9 Å². The lowest BCUT2D eigenvalue weighted by atomic mass is 10.2. The van der Waals surface area contributed by atoms with Gasteiger partial charge in [-0.25, -0.2) is 4.98 Å². The predicted octanol–water partition coefficient (Wildman–Crippen LogP) is 2.83. The topological polar surface area (TPSA) is 76.4 Å². The van der Waals surface area contributed by atoms with Crippen molar-refractivity contribution in [1.82, 2.24) is 20.1 Å². The number of hydrogen-bond donors (Lipinski definition) is 1. The van der Waals surface area contributed by atoms with Crippen LogP contribution >= 0.6 is 0 Å². The number of fused-ring (bicyclic) bond motifs is 1. The summed E-state index contributed by atoms with van der Waals surface area (Å²) < 4.78 is 16.9. The van der Waals surface area contributed by atoms with Crippen molar-refractivity contribution in [3.05, 3.63) is 41.7 Å². The molecule has 1 aliphatic heterocycles. The number of furan rings is 1. The van der Waals surface area contributed by atoms with Crippen molar-refractivity contribution < 1.29 is 13.9 Å². The predicted molar refractivity (Wildman–Crippen MR) is 92.5 cm³/mol. The van der Waals surface area contributed by atoms with Gasteiger partial charge in [-0.3, -0.25) is 10.00 Å². The molecular weight excluding hydrogens is 320 g/mol. The largest absolute Gasteiger partial charge is 0.497 e. The number of aromatic amines is 1. The number of methoxy groups -OCH3 is 2. The average Bonchev–Trinajstić information content (AvgIpc) is 3.31. The van der Waals surface area contributed by atoms with Crippen molar-refractivity contribution in [2.24, 2.45) is 0 Å². The van der Waals surface area contributed by atoms with E-state index in [4.69, 9.17) is 13.9 Å².